The molecule has 2 aromatic rings. The van der Waals surface area contributed by atoms with Crippen LogP contribution in [-0.2, 0) is 12.8 Å². The molecule has 24 heavy (non-hydrogen) atoms. The minimum Gasteiger partial charge on any atom is -0.355 e. The van der Waals surface area contributed by atoms with Crippen LogP contribution >= 0.6 is 0 Å². The lowest BCUT2D eigenvalue weighted by atomic mass is 9.99. The number of benzene rings is 1. The van der Waals surface area contributed by atoms with E-state index in [1.807, 2.05) is 0 Å². The molecule has 1 aromatic heterocycles. The van der Waals surface area contributed by atoms with Crippen molar-refractivity contribution in [3.05, 3.63) is 35.5 Å². The summed E-state index contributed by atoms with van der Waals surface area (Å²) in [7, 11) is 0. The minimum atomic E-state index is 0.585. The number of rotatable bonds is 5. The highest BCUT2D eigenvalue weighted by Crippen LogP contribution is 2.26. The van der Waals surface area contributed by atoms with Crippen LogP contribution in [0.25, 0.3) is 0 Å². The molecule has 0 atom stereocenters. The fourth-order valence-corrected chi connectivity index (χ4v) is 3.25. The Labute approximate surface area is 144 Å². The third kappa shape index (κ3) is 3.66. The van der Waals surface area contributed by atoms with Gasteiger partial charge in [-0.1, -0.05) is 39.0 Å². The smallest absolute Gasteiger partial charge is 0.249 e. The molecule has 3 rings (SSSR count). The molecule has 1 aliphatic rings. The zero-order valence-corrected chi connectivity index (χ0v) is 14.9. The molecular formula is C19H27N5. The number of aryl methyl sites for hydroxylation is 2. The second-order valence-electron chi connectivity index (χ2n) is 6.59. The van der Waals surface area contributed by atoms with Crippen molar-refractivity contribution in [2.75, 3.05) is 23.3 Å². The largest absolute Gasteiger partial charge is 0.355 e. The molecule has 5 heteroatoms. The van der Waals surface area contributed by atoms with Crippen LogP contribution in [0.1, 0.15) is 44.7 Å². The molecule has 0 aliphatic carbocycles. The van der Waals surface area contributed by atoms with E-state index in [4.69, 9.17) is 4.98 Å². The van der Waals surface area contributed by atoms with Crippen molar-refractivity contribution in [3.63, 3.8) is 0 Å². The molecule has 2 heterocycles. The van der Waals surface area contributed by atoms with Crippen LogP contribution < -0.4 is 10.2 Å². The number of hydrogen-bond donors (Lipinski definition) is 1. The molecule has 0 bridgehead atoms. The van der Waals surface area contributed by atoms with Gasteiger partial charge in [0.25, 0.3) is 0 Å². The van der Waals surface area contributed by atoms with E-state index in [0.717, 1.165) is 43.4 Å². The van der Waals surface area contributed by atoms with Crippen molar-refractivity contribution >= 4 is 17.5 Å². The first kappa shape index (κ1) is 16.7. The number of hydrogen-bond acceptors (Lipinski definition) is 5. The average Bonchev–Trinajstić information content (AvgIpc) is 2.62. The van der Waals surface area contributed by atoms with Crippen LogP contribution in [0.15, 0.2) is 24.4 Å². The number of aromatic nitrogens is 3. The van der Waals surface area contributed by atoms with Gasteiger partial charge in [-0.15, -0.1) is 5.10 Å². The van der Waals surface area contributed by atoms with Crippen LogP contribution in [0, 0.1) is 5.92 Å². The number of nitrogens with zero attached hydrogens (tertiary/aromatic N) is 4. The van der Waals surface area contributed by atoms with Crippen molar-refractivity contribution in [3.8, 4) is 0 Å². The Hall–Kier alpha value is -2.17. The first-order valence-corrected chi connectivity index (χ1v) is 9.03. The predicted octanol–water partition coefficient (Wildman–Crippen LogP) is 3.98. The zero-order valence-electron chi connectivity index (χ0n) is 14.9. The highest BCUT2D eigenvalue weighted by Gasteiger charge is 2.18. The highest BCUT2D eigenvalue weighted by molar-refractivity contribution is 5.64. The molecule has 1 aliphatic heterocycles. The molecule has 1 N–H and O–H groups in total. The molecule has 0 saturated carbocycles. The Bertz CT molecular complexity index is 655. The van der Waals surface area contributed by atoms with Gasteiger partial charge in [-0.2, -0.15) is 10.1 Å². The van der Waals surface area contributed by atoms with Crippen molar-refractivity contribution in [1.29, 1.82) is 0 Å². The van der Waals surface area contributed by atoms with Gasteiger partial charge >= 0.3 is 0 Å². The summed E-state index contributed by atoms with van der Waals surface area (Å²) in [5, 5.41) is 11.8. The summed E-state index contributed by atoms with van der Waals surface area (Å²) in [5.74, 6) is 2.31. The van der Waals surface area contributed by atoms with E-state index < -0.39 is 0 Å². The average molecular weight is 325 g/mol. The molecule has 0 spiro atoms. The number of nitrogens with one attached hydrogen (secondary N) is 1. The number of anilines is 3. The maximum absolute atomic E-state index is 4.71. The lowest BCUT2D eigenvalue weighted by Gasteiger charge is -2.30. The lowest BCUT2D eigenvalue weighted by molar-refractivity contribution is 0.436. The Morgan fingerprint density at radius 3 is 2.42 bits per heavy atom. The van der Waals surface area contributed by atoms with Crippen molar-refractivity contribution in [2.45, 2.75) is 46.5 Å². The van der Waals surface area contributed by atoms with E-state index in [2.05, 4.69) is 59.4 Å². The Balaban J connectivity index is 1.83. The summed E-state index contributed by atoms with van der Waals surface area (Å²) in [5.41, 5.74) is 3.71. The summed E-state index contributed by atoms with van der Waals surface area (Å²) in [6.07, 6.45) is 6.16. The van der Waals surface area contributed by atoms with Crippen LogP contribution in [0.2, 0.25) is 0 Å². The van der Waals surface area contributed by atoms with E-state index in [1.54, 1.807) is 6.20 Å². The zero-order chi connectivity index (χ0) is 16.9. The van der Waals surface area contributed by atoms with Gasteiger partial charge in [-0.3, -0.25) is 0 Å². The van der Waals surface area contributed by atoms with Gasteiger partial charge in [0, 0.05) is 18.8 Å². The van der Waals surface area contributed by atoms with Crippen LogP contribution in [-0.4, -0.2) is 28.3 Å². The fraction of sp³-hybridized carbons (Fsp3) is 0.526. The Morgan fingerprint density at radius 1 is 1.12 bits per heavy atom. The summed E-state index contributed by atoms with van der Waals surface area (Å²) >= 11 is 0. The van der Waals surface area contributed by atoms with E-state index in [9.17, 15) is 0 Å². The van der Waals surface area contributed by atoms with Crippen LogP contribution in [0.5, 0.6) is 0 Å². The second-order valence-corrected chi connectivity index (χ2v) is 6.59. The van der Waals surface area contributed by atoms with E-state index >= 15 is 0 Å². The SMILES string of the molecule is CCc1cccc(CC)c1Nc1nncc(N2CCC(C)CC2)n1. The highest BCUT2D eigenvalue weighted by atomic mass is 15.3. The third-order valence-electron chi connectivity index (χ3n) is 4.89. The fourth-order valence-electron chi connectivity index (χ4n) is 3.25. The predicted molar refractivity (Wildman–Crippen MR) is 98.9 cm³/mol. The topological polar surface area (TPSA) is 53.9 Å². The molecule has 0 radical (unpaired) electrons. The second kappa shape index (κ2) is 7.60. The molecule has 1 fully saturated rings. The standard InChI is InChI=1S/C19H27N5/c1-4-15-7-6-8-16(5-2)18(15)22-19-21-17(13-20-23-19)24-11-9-14(3)10-12-24/h6-8,13-14H,4-5,9-12H2,1-3H3,(H,21,22,23). The van der Waals surface area contributed by atoms with Crippen molar-refractivity contribution in [1.82, 2.24) is 15.2 Å². The van der Waals surface area contributed by atoms with Gasteiger partial charge in [0.2, 0.25) is 5.95 Å². The Kier molecular flexibility index (Phi) is 5.28. The van der Waals surface area contributed by atoms with Gasteiger partial charge in [-0.05, 0) is 42.7 Å². The maximum atomic E-state index is 4.71. The molecule has 128 valence electrons. The minimum absolute atomic E-state index is 0.585. The molecule has 0 unspecified atom stereocenters. The van der Waals surface area contributed by atoms with Crippen LogP contribution in [0.3, 0.4) is 0 Å². The molecule has 5 nitrogen and oxygen atoms in total. The van der Waals surface area contributed by atoms with Gasteiger partial charge in [0.05, 0.1) is 6.20 Å². The van der Waals surface area contributed by atoms with Gasteiger partial charge in [0.1, 0.15) is 0 Å². The van der Waals surface area contributed by atoms with Gasteiger partial charge in [-0.25, -0.2) is 0 Å². The van der Waals surface area contributed by atoms with Crippen molar-refractivity contribution < 1.29 is 0 Å². The normalized spacial score (nSPS) is 15.5. The number of para-hydroxylation sites is 1. The molecule has 1 saturated heterocycles. The summed E-state index contributed by atoms with van der Waals surface area (Å²) in [4.78, 5) is 7.02. The number of piperidine rings is 1. The van der Waals surface area contributed by atoms with Gasteiger partial charge in [0.15, 0.2) is 5.82 Å². The Morgan fingerprint density at radius 2 is 1.79 bits per heavy atom. The lowest BCUT2D eigenvalue weighted by Crippen LogP contribution is -2.33. The molecule has 0 amide bonds. The summed E-state index contributed by atoms with van der Waals surface area (Å²) in [6.45, 7) is 8.75. The van der Waals surface area contributed by atoms with Crippen molar-refractivity contribution in [2.24, 2.45) is 5.92 Å². The van der Waals surface area contributed by atoms with Gasteiger partial charge < -0.3 is 10.2 Å². The summed E-state index contributed by atoms with van der Waals surface area (Å²) < 4.78 is 0. The van der Waals surface area contributed by atoms with E-state index in [-0.39, 0.29) is 0 Å². The first-order valence-electron chi connectivity index (χ1n) is 9.03. The third-order valence-corrected chi connectivity index (χ3v) is 4.89. The van der Waals surface area contributed by atoms with Crippen LogP contribution in [0.4, 0.5) is 17.5 Å². The monoisotopic (exact) mass is 325 g/mol. The molecular weight excluding hydrogens is 298 g/mol. The van der Waals surface area contributed by atoms with E-state index in [1.165, 1.54) is 24.0 Å². The molecule has 1 aromatic carbocycles. The maximum Gasteiger partial charge on any atom is 0.249 e. The summed E-state index contributed by atoms with van der Waals surface area (Å²) in [6, 6.07) is 6.43. The quantitative estimate of drug-likeness (QED) is 0.901. The van der Waals surface area contributed by atoms with E-state index in [0.29, 0.717) is 5.95 Å². The first-order chi connectivity index (χ1) is 11.7.